The lowest BCUT2D eigenvalue weighted by atomic mass is 10.1. The zero-order valence-corrected chi connectivity index (χ0v) is 12.7. The lowest BCUT2D eigenvalue weighted by Crippen LogP contribution is -2.14. The minimum Gasteiger partial charge on any atom is -0.376 e. The molecule has 0 unspecified atom stereocenters. The van der Waals surface area contributed by atoms with Gasteiger partial charge in [-0.3, -0.25) is 0 Å². The fraction of sp³-hybridized carbons (Fsp3) is 0.375. The van der Waals surface area contributed by atoms with Gasteiger partial charge in [0.2, 0.25) is 0 Å². The molecule has 5 heteroatoms. The number of fused-ring (bicyclic) bond motifs is 2. The molecule has 0 amide bonds. The van der Waals surface area contributed by atoms with E-state index >= 15 is 0 Å². The molecule has 0 atom stereocenters. The molecule has 0 aliphatic carbocycles. The van der Waals surface area contributed by atoms with Crippen molar-refractivity contribution in [3.8, 4) is 11.4 Å². The second-order valence-electron chi connectivity index (χ2n) is 5.58. The zero-order chi connectivity index (χ0) is 14.4. The van der Waals surface area contributed by atoms with Crippen molar-refractivity contribution < 1.29 is 4.74 Å². The van der Waals surface area contributed by atoms with Gasteiger partial charge in [-0.05, 0) is 30.2 Å². The predicted octanol–water partition coefficient (Wildman–Crippen LogP) is 2.86. The van der Waals surface area contributed by atoms with E-state index in [-0.39, 0.29) is 0 Å². The first-order chi connectivity index (χ1) is 10.2. The fourth-order valence-electron chi connectivity index (χ4n) is 3.03. The van der Waals surface area contributed by atoms with Crippen molar-refractivity contribution in [1.29, 1.82) is 0 Å². The van der Waals surface area contributed by atoms with Crippen LogP contribution in [-0.2, 0) is 24.2 Å². The SMILES string of the molecule is CN1CCc2cc(-c3nc(Cl)c4c(n3)CCOC4)ccc21. The molecule has 0 saturated heterocycles. The zero-order valence-electron chi connectivity index (χ0n) is 11.9. The molecule has 0 fully saturated rings. The summed E-state index contributed by atoms with van der Waals surface area (Å²) in [7, 11) is 2.12. The summed E-state index contributed by atoms with van der Waals surface area (Å²) in [6.07, 6.45) is 1.88. The molecule has 0 saturated carbocycles. The number of aromatic nitrogens is 2. The van der Waals surface area contributed by atoms with Crippen LogP contribution in [0.2, 0.25) is 5.15 Å². The van der Waals surface area contributed by atoms with Gasteiger partial charge in [0, 0.05) is 36.8 Å². The molecule has 2 aliphatic heterocycles. The number of likely N-dealkylation sites (N-methyl/N-ethyl adjacent to an activating group) is 1. The molecule has 21 heavy (non-hydrogen) atoms. The van der Waals surface area contributed by atoms with Gasteiger partial charge in [0.05, 0.1) is 18.9 Å². The van der Waals surface area contributed by atoms with Gasteiger partial charge >= 0.3 is 0 Å². The minimum absolute atomic E-state index is 0.517. The van der Waals surface area contributed by atoms with E-state index in [9.17, 15) is 0 Å². The molecule has 2 aromatic rings. The van der Waals surface area contributed by atoms with Crippen LogP contribution in [0.4, 0.5) is 5.69 Å². The molecule has 2 aliphatic rings. The largest absolute Gasteiger partial charge is 0.376 e. The standard InChI is InChI=1S/C16H16ClN3O/c1-20-6-4-10-8-11(2-3-14(10)20)16-18-13-5-7-21-9-12(13)15(17)19-16/h2-3,8H,4-7,9H2,1H3. The number of benzene rings is 1. The lowest BCUT2D eigenvalue weighted by molar-refractivity contribution is 0.109. The first kappa shape index (κ1) is 13.0. The Morgan fingerprint density at radius 2 is 2.14 bits per heavy atom. The number of hydrogen-bond donors (Lipinski definition) is 0. The number of anilines is 1. The third-order valence-electron chi connectivity index (χ3n) is 4.24. The maximum absolute atomic E-state index is 6.30. The van der Waals surface area contributed by atoms with Crippen molar-refractivity contribution in [2.75, 3.05) is 25.1 Å². The van der Waals surface area contributed by atoms with E-state index in [1.165, 1.54) is 11.3 Å². The normalized spacial score (nSPS) is 16.8. The summed E-state index contributed by atoms with van der Waals surface area (Å²) in [6.45, 7) is 2.29. The molecule has 108 valence electrons. The van der Waals surface area contributed by atoms with Crippen LogP contribution in [-0.4, -0.2) is 30.2 Å². The maximum Gasteiger partial charge on any atom is 0.161 e. The van der Waals surface area contributed by atoms with E-state index in [4.69, 9.17) is 21.3 Å². The summed E-state index contributed by atoms with van der Waals surface area (Å²) in [5, 5.41) is 0.521. The highest BCUT2D eigenvalue weighted by Crippen LogP contribution is 2.32. The third kappa shape index (κ3) is 2.19. The lowest BCUT2D eigenvalue weighted by Gasteiger charge is -2.17. The Morgan fingerprint density at radius 3 is 3.05 bits per heavy atom. The number of hydrogen-bond acceptors (Lipinski definition) is 4. The van der Waals surface area contributed by atoms with Crippen molar-refractivity contribution in [3.63, 3.8) is 0 Å². The fourth-order valence-corrected chi connectivity index (χ4v) is 3.27. The van der Waals surface area contributed by atoms with E-state index in [0.717, 1.165) is 42.0 Å². The molecular weight excluding hydrogens is 286 g/mol. The average molecular weight is 302 g/mol. The van der Waals surface area contributed by atoms with Gasteiger partial charge in [-0.25, -0.2) is 9.97 Å². The van der Waals surface area contributed by atoms with Crippen molar-refractivity contribution >= 4 is 17.3 Å². The highest BCUT2D eigenvalue weighted by Gasteiger charge is 2.20. The molecule has 4 rings (SSSR count). The number of ether oxygens (including phenoxy) is 1. The van der Waals surface area contributed by atoms with Crippen LogP contribution in [0.5, 0.6) is 0 Å². The number of halogens is 1. The van der Waals surface area contributed by atoms with Crippen LogP contribution >= 0.6 is 11.6 Å². The van der Waals surface area contributed by atoms with Gasteiger partial charge in [0.15, 0.2) is 5.82 Å². The van der Waals surface area contributed by atoms with Crippen LogP contribution in [0, 0.1) is 0 Å². The van der Waals surface area contributed by atoms with Crippen LogP contribution < -0.4 is 4.90 Å². The van der Waals surface area contributed by atoms with Crippen molar-refractivity contribution in [1.82, 2.24) is 9.97 Å². The van der Waals surface area contributed by atoms with E-state index in [2.05, 4.69) is 35.1 Å². The van der Waals surface area contributed by atoms with E-state index in [1.807, 2.05) is 0 Å². The summed E-state index contributed by atoms with van der Waals surface area (Å²) in [5.41, 5.74) is 5.66. The number of nitrogens with zero attached hydrogens (tertiary/aromatic N) is 3. The molecule has 3 heterocycles. The summed E-state index contributed by atoms with van der Waals surface area (Å²) in [4.78, 5) is 11.4. The summed E-state index contributed by atoms with van der Waals surface area (Å²) < 4.78 is 5.42. The van der Waals surface area contributed by atoms with Gasteiger partial charge in [-0.1, -0.05) is 11.6 Å². The van der Waals surface area contributed by atoms with Crippen LogP contribution in [0.1, 0.15) is 16.8 Å². The summed E-state index contributed by atoms with van der Waals surface area (Å²) in [5.74, 6) is 0.720. The first-order valence-electron chi connectivity index (χ1n) is 7.20. The Balaban J connectivity index is 1.79. The second kappa shape index (κ2) is 4.97. The molecular formula is C16H16ClN3O. The molecule has 0 N–H and O–H groups in total. The van der Waals surface area contributed by atoms with Crippen LogP contribution in [0.15, 0.2) is 18.2 Å². The van der Waals surface area contributed by atoms with Gasteiger partial charge in [0.1, 0.15) is 5.15 Å². The highest BCUT2D eigenvalue weighted by molar-refractivity contribution is 6.30. The minimum atomic E-state index is 0.517. The predicted molar refractivity (Wildman–Crippen MR) is 82.8 cm³/mol. The summed E-state index contributed by atoms with van der Waals surface area (Å²) >= 11 is 6.30. The molecule has 0 spiro atoms. The van der Waals surface area contributed by atoms with Gasteiger partial charge in [0.25, 0.3) is 0 Å². The molecule has 0 radical (unpaired) electrons. The van der Waals surface area contributed by atoms with Gasteiger partial charge in [-0.15, -0.1) is 0 Å². The van der Waals surface area contributed by atoms with Crippen LogP contribution in [0.3, 0.4) is 0 Å². The topological polar surface area (TPSA) is 38.2 Å². The quantitative estimate of drug-likeness (QED) is 0.759. The van der Waals surface area contributed by atoms with Gasteiger partial charge in [-0.2, -0.15) is 0 Å². The smallest absolute Gasteiger partial charge is 0.161 e. The average Bonchev–Trinajstić information content (AvgIpc) is 2.88. The Kier molecular flexibility index (Phi) is 3.08. The Labute approximate surface area is 128 Å². The monoisotopic (exact) mass is 301 g/mol. The molecule has 1 aromatic heterocycles. The van der Waals surface area contributed by atoms with E-state index in [0.29, 0.717) is 18.4 Å². The van der Waals surface area contributed by atoms with Crippen molar-refractivity contribution in [2.24, 2.45) is 0 Å². The van der Waals surface area contributed by atoms with E-state index in [1.54, 1.807) is 0 Å². The van der Waals surface area contributed by atoms with Crippen molar-refractivity contribution in [2.45, 2.75) is 19.4 Å². The molecule has 0 bridgehead atoms. The van der Waals surface area contributed by atoms with Gasteiger partial charge < -0.3 is 9.64 Å². The Morgan fingerprint density at radius 1 is 1.24 bits per heavy atom. The summed E-state index contributed by atoms with van der Waals surface area (Å²) in [6, 6.07) is 6.42. The Bertz CT molecular complexity index is 717. The first-order valence-corrected chi connectivity index (χ1v) is 7.57. The van der Waals surface area contributed by atoms with Crippen molar-refractivity contribution in [3.05, 3.63) is 40.2 Å². The highest BCUT2D eigenvalue weighted by atomic mass is 35.5. The second-order valence-corrected chi connectivity index (χ2v) is 5.94. The molecule has 1 aromatic carbocycles. The Hall–Kier alpha value is -1.65. The maximum atomic E-state index is 6.30. The van der Waals surface area contributed by atoms with Crippen LogP contribution in [0.25, 0.3) is 11.4 Å². The number of rotatable bonds is 1. The van der Waals surface area contributed by atoms with E-state index < -0.39 is 0 Å². The molecule has 4 nitrogen and oxygen atoms in total. The third-order valence-corrected chi connectivity index (χ3v) is 4.55.